The predicted octanol–water partition coefficient (Wildman–Crippen LogP) is 4.60. The first-order valence-corrected chi connectivity index (χ1v) is 7.49. The molecule has 2 rings (SSSR count). The van der Waals surface area contributed by atoms with Gasteiger partial charge >= 0.3 is 5.97 Å². The molecule has 0 saturated heterocycles. The summed E-state index contributed by atoms with van der Waals surface area (Å²) in [5, 5.41) is 9.20. The molecule has 0 amide bonds. The van der Waals surface area contributed by atoms with Gasteiger partial charge in [0.05, 0.1) is 5.56 Å². The monoisotopic (exact) mass is 286 g/mol. The molecule has 0 aliphatic carbocycles. The Morgan fingerprint density at radius 2 is 1.70 bits per heavy atom. The third-order valence-corrected chi connectivity index (χ3v) is 4.43. The molecule has 1 N–H and O–H groups in total. The van der Waals surface area contributed by atoms with Crippen LogP contribution in [-0.4, -0.2) is 11.1 Å². The topological polar surface area (TPSA) is 37.3 Å². The van der Waals surface area contributed by atoms with Crippen LogP contribution in [0.4, 0.5) is 0 Å². The van der Waals surface area contributed by atoms with Gasteiger partial charge in [0, 0.05) is 10.6 Å². The molecule has 0 bridgehead atoms. The molecular formula is C17H18O2S. The van der Waals surface area contributed by atoms with Crippen molar-refractivity contribution in [1.29, 1.82) is 0 Å². The molecule has 0 radical (unpaired) electrons. The summed E-state index contributed by atoms with van der Waals surface area (Å²) in [6.45, 7) is 6.31. The van der Waals surface area contributed by atoms with Crippen LogP contribution in [0.3, 0.4) is 0 Å². The molecule has 0 saturated carbocycles. The molecule has 0 heterocycles. The maximum absolute atomic E-state index is 11.2. The fraction of sp³-hybridized carbons (Fsp3) is 0.235. The minimum Gasteiger partial charge on any atom is -0.478 e. The minimum absolute atomic E-state index is 0.375. The summed E-state index contributed by atoms with van der Waals surface area (Å²) >= 11 is 1.58. The van der Waals surface area contributed by atoms with E-state index in [9.17, 15) is 9.90 Å². The van der Waals surface area contributed by atoms with E-state index in [1.54, 1.807) is 23.9 Å². The van der Waals surface area contributed by atoms with E-state index in [2.05, 4.69) is 32.9 Å². The molecule has 20 heavy (non-hydrogen) atoms. The van der Waals surface area contributed by atoms with Crippen molar-refractivity contribution in [2.45, 2.75) is 31.4 Å². The van der Waals surface area contributed by atoms with Crippen molar-refractivity contribution in [1.82, 2.24) is 0 Å². The largest absolute Gasteiger partial charge is 0.478 e. The maximum atomic E-state index is 11.2. The SMILES string of the molecule is Cc1cc(C)c(CSc2ccccc2C(=O)O)c(C)c1. The van der Waals surface area contributed by atoms with Crippen LogP contribution in [0.2, 0.25) is 0 Å². The molecule has 0 spiro atoms. The van der Waals surface area contributed by atoms with Crippen LogP contribution in [0.15, 0.2) is 41.3 Å². The third-order valence-electron chi connectivity index (χ3n) is 3.33. The molecule has 0 atom stereocenters. The van der Waals surface area contributed by atoms with Gasteiger partial charge in [-0.3, -0.25) is 0 Å². The Bertz CT molecular complexity index is 624. The highest BCUT2D eigenvalue weighted by Crippen LogP contribution is 2.29. The van der Waals surface area contributed by atoms with Crippen LogP contribution in [0.5, 0.6) is 0 Å². The summed E-state index contributed by atoms with van der Waals surface area (Å²) < 4.78 is 0. The molecule has 2 nitrogen and oxygen atoms in total. The lowest BCUT2D eigenvalue weighted by Gasteiger charge is -2.12. The van der Waals surface area contributed by atoms with E-state index in [1.165, 1.54) is 22.3 Å². The lowest BCUT2D eigenvalue weighted by molar-refractivity contribution is 0.0693. The minimum atomic E-state index is -0.870. The van der Waals surface area contributed by atoms with Gasteiger partial charge in [0.15, 0.2) is 0 Å². The number of hydrogen-bond acceptors (Lipinski definition) is 2. The van der Waals surface area contributed by atoms with E-state index in [0.717, 1.165) is 10.6 Å². The summed E-state index contributed by atoms with van der Waals surface area (Å²) in [5.74, 6) is -0.0761. The fourth-order valence-corrected chi connectivity index (χ4v) is 3.60. The molecule has 0 fully saturated rings. The Labute approximate surface area is 123 Å². The summed E-state index contributed by atoms with van der Waals surface area (Å²) in [5.41, 5.74) is 5.46. The van der Waals surface area contributed by atoms with Gasteiger partial charge in [0.2, 0.25) is 0 Å². The van der Waals surface area contributed by atoms with Crippen molar-refractivity contribution in [3.63, 3.8) is 0 Å². The molecular weight excluding hydrogens is 268 g/mol. The second-order valence-corrected chi connectivity index (χ2v) is 5.98. The Morgan fingerprint density at radius 3 is 2.30 bits per heavy atom. The molecule has 3 heteroatoms. The zero-order chi connectivity index (χ0) is 14.7. The number of aromatic carboxylic acids is 1. The van der Waals surface area contributed by atoms with Crippen molar-refractivity contribution < 1.29 is 9.90 Å². The van der Waals surface area contributed by atoms with Gasteiger partial charge in [-0.1, -0.05) is 29.8 Å². The molecule has 0 unspecified atom stereocenters. The van der Waals surface area contributed by atoms with E-state index >= 15 is 0 Å². The first kappa shape index (κ1) is 14.7. The highest BCUT2D eigenvalue weighted by molar-refractivity contribution is 7.98. The molecule has 0 aliphatic heterocycles. The number of carboxylic acids is 1. The second-order valence-electron chi connectivity index (χ2n) is 4.97. The van der Waals surface area contributed by atoms with Gasteiger partial charge in [-0.2, -0.15) is 0 Å². The summed E-state index contributed by atoms with van der Waals surface area (Å²) in [7, 11) is 0. The van der Waals surface area contributed by atoms with Crippen LogP contribution in [0.1, 0.15) is 32.6 Å². The molecule has 0 aromatic heterocycles. The van der Waals surface area contributed by atoms with Crippen molar-refractivity contribution in [2.75, 3.05) is 0 Å². The molecule has 2 aromatic rings. The fourth-order valence-electron chi connectivity index (χ4n) is 2.36. The van der Waals surface area contributed by atoms with E-state index in [1.807, 2.05) is 12.1 Å². The van der Waals surface area contributed by atoms with Crippen LogP contribution in [-0.2, 0) is 5.75 Å². The smallest absolute Gasteiger partial charge is 0.336 e. The predicted molar refractivity (Wildman–Crippen MR) is 83.6 cm³/mol. The highest BCUT2D eigenvalue weighted by Gasteiger charge is 2.11. The summed E-state index contributed by atoms with van der Waals surface area (Å²) in [4.78, 5) is 12.0. The van der Waals surface area contributed by atoms with E-state index in [4.69, 9.17) is 0 Å². The number of hydrogen-bond donors (Lipinski definition) is 1. The number of carboxylic acid groups (broad SMARTS) is 1. The molecule has 2 aromatic carbocycles. The van der Waals surface area contributed by atoms with E-state index in [-0.39, 0.29) is 0 Å². The van der Waals surface area contributed by atoms with E-state index < -0.39 is 5.97 Å². The average molecular weight is 286 g/mol. The van der Waals surface area contributed by atoms with Crippen LogP contribution in [0.25, 0.3) is 0 Å². The van der Waals surface area contributed by atoms with Gasteiger partial charge in [-0.15, -0.1) is 11.8 Å². The summed E-state index contributed by atoms with van der Waals surface area (Å²) in [6, 6.07) is 11.5. The van der Waals surface area contributed by atoms with E-state index in [0.29, 0.717) is 5.56 Å². The Hall–Kier alpha value is -1.74. The summed E-state index contributed by atoms with van der Waals surface area (Å²) in [6.07, 6.45) is 0. The zero-order valence-corrected chi connectivity index (χ0v) is 12.8. The standard InChI is InChI=1S/C17H18O2S/c1-11-8-12(2)15(13(3)9-11)10-20-16-7-5-4-6-14(16)17(18)19/h4-9H,10H2,1-3H3,(H,18,19). The Morgan fingerprint density at radius 1 is 1.10 bits per heavy atom. The Kier molecular flexibility index (Phi) is 4.50. The normalized spacial score (nSPS) is 10.6. The van der Waals surface area contributed by atoms with Gasteiger partial charge in [-0.25, -0.2) is 4.79 Å². The van der Waals surface area contributed by atoms with Gasteiger partial charge in [-0.05, 0) is 49.6 Å². The zero-order valence-electron chi connectivity index (χ0n) is 11.9. The first-order chi connectivity index (χ1) is 9.49. The lowest BCUT2D eigenvalue weighted by atomic mass is 10.0. The lowest BCUT2D eigenvalue weighted by Crippen LogP contribution is -1.99. The van der Waals surface area contributed by atoms with Crippen molar-refractivity contribution in [2.24, 2.45) is 0 Å². The quantitative estimate of drug-likeness (QED) is 0.834. The van der Waals surface area contributed by atoms with Gasteiger partial charge in [0.25, 0.3) is 0 Å². The number of rotatable bonds is 4. The number of aryl methyl sites for hydroxylation is 3. The molecule has 0 aliphatic rings. The van der Waals surface area contributed by atoms with Crippen molar-refractivity contribution in [3.05, 3.63) is 64.2 Å². The first-order valence-electron chi connectivity index (χ1n) is 6.51. The van der Waals surface area contributed by atoms with Gasteiger partial charge in [0.1, 0.15) is 0 Å². The Balaban J connectivity index is 2.24. The van der Waals surface area contributed by atoms with Gasteiger partial charge < -0.3 is 5.11 Å². The van der Waals surface area contributed by atoms with Crippen LogP contribution >= 0.6 is 11.8 Å². The number of thioether (sulfide) groups is 1. The van der Waals surface area contributed by atoms with Crippen LogP contribution in [0, 0.1) is 20.8 Å². The number of carbonyl (C=O) groups is 1. The number of benzene rings is 2. The van der Waals surface area contributed by atoms with Crippen molar-refractivity contribution >= 4 is 17.7 Å². The second kappa shape index (κ2) is 6.14. The average Bonchev–Trinajstić information content (AvgIpc) is 2.37. The molecule has 104 valence electrons. The third kappa shape index (κ3) is 3.23. The van der Waals surface area contributed by atoms with Crippen LogP contribution < -0.4 is 0 Å². The maximum Gasteiger partial charge on any atom is 0.336 e. The highest BCUT2D eigenvalue weighted by atomic mass is 32.2. The van der Waals surface area contributed by atoms with Crippen molar-refractivity contribution in [3.8, 4) is 0 Å².